The van der Waals surface area contributed by atoms with Crippen LogP contribution < -0.4 is 0 Å². The van der Waals surface area contributed by atoms with E-state index in [-0.39, 0.29) is 25.7 Å². The molecule has 0 bridgehead atoms. The van der Waals surface area contributed by atoms with Gasteiger partial charge in [0.2, 0.25) is 0 Å². The van der Waals surface area contributed by atoms with Crippen molar-refractivity contribution in [1.29, 1.82) is 0 Å². The van der Waals surface area contributed by atoms with Crippen LogP contribution in [0.5, 0.6) is 0 Å². The van der Waals surface area contributed by atoms with Crippen LogP contribution in [0.3, 0.4) is 0 Å². The molecule has 618 valence electrons. The molecule has 0 rings (SSSR count). The number of aliphatic hydroxyl groups is 1. The first kappa shape index (κ1) is 102. The molecule has 0 aromatic carbocycles. The van der Waals surface area contributed by atoms with Gasteiger partial charge in [-0.05, 0) is 37.5 Å². The number of carbonyl (C=O) groups is 4. The van der Waals surface area contributed by atoms with E-state index in [1.54, 1.807) is 0 Å². The van der Waals surface area contributed by atoms with E-state index in [0.29, 0.717) is 25.7 Å². The van der Waals surface area contributed by atoms with Crippen molar-refractivity contribution in [2.24, 2.45) is 11.8 Å². The zero-order valence-electron chi connectivity index (χ0n) is 68.3. The first-order valence-electron chi connectivity index (χ1n) is 44.0. The lowest BCUT2D eigenvalue weighted by Gasteiger charge is -2.21. The molecule has 0 saturated heterocycles. The number of unbranched alkanes of at least 4 members (excludes halogenated alkanes) is 54. The predicted octanol–water partition coefficient (Wildman–Crippen LogP) is 25.8. The third kappa shape index (κ3) is 78.2. The van der Waals surface area contributed by atoms with Crippen molar-refractivity contribution in [3.8, 4) is 0 Å². The molecule has 5 atom stereocenters. The molecule has 0 fully saturated rings. The molecule has 0 amide bonds. The standard InChI is InChI=1S/C85H166O17P2/c1-7-9-11-13-15-17-19-21-22-23-24-25-26-27-28-34-38-45-51-57-63-69-84(89)101-80(73-96-83(88)68-62-56-50-44-37-33-30-29-32-35-41-47-53-59-65-77(3)4)75-99-103(91,92)97-71-79(86)72-98-104(93,94)100-76-81(102-85(90)70-64-58-52-46-40-39-42-48-54-60-66-78(5)6)74-95-82(87)67-61-55-49-43-36-31-20-18-16-14-12-10-8-2/h77-81,86H,7-76H2,1-6H3,(H,91,92)(H,93,94)/t79-,80-,81-/m1/s1. The van der Waals surface area contributed by atoms with Crippen molar-refractivity contribution < 1.29 is 80.2 Å². The summed E-state index contributed by atoms with van der Waals surface area (Å²) < 4.78 is 68.9. The molecule has 0 aliphatic heterocycles. The van der Waals surface area contributed by atoms with Gasteiger partial charge in [0.05, 0.1) is 26.4 Å². The molecule has 0 heterocycles. The van der Waals surface area contributed by atoms with Crippen molar-refractivity contribution in [2.45, 2.75) is 471 Å². The maximum absolute atomic E-state index is 13.1. The summed E-state index contributed by atoms with van der Waals surface area (Å²) in [5.74, 6) is -0.551. The minimum Gasteiger partial charge on any atom is -0.462 e. The number of phosphoric acid groups is 2. The summed E-state index contributed by atoms with van der Waals surface area (Å²) in [5, 5.41) is 10.7. The summed E-state index contributed by atoms with van der Waals surface area (Å²) in [6.45, 7) is 9.68. The van der Waals surface area contributed by atoms with Crippen LogP contribution in [-0.2, 0) is 65.4 Å². The highest BCUT2D eigenvalue weighted by Gasteiger charge is 2.30. The van der Waals surface area contributed by atoms with Crippen LogP contribution in [-0.4, -0.2) is 96.7 Å². The molecule has 0 aromatic heterocycles. The van der Waals surface area contributed by atoms with Gasteiger partial charge in [-0.15, -0.1) is 0 Å². The number of carbonyl (C=O) groups excluding carboxylic acids is 4. The fourth-order valence-electron chi connectivity index (χ4n) is 13.2. The second-order valence-corrected chi connectivity index (χ2v) is 34.4. The molecule has 19 heteroatoms. The summed E-state index contributed by atoms with van der Waals surface area (Å²) in [6.07, 6.45) is 68.0. The summed E-state index contributed by atoms with van der Waals surface area (Å²) in [4.78, 5) is 73.2. The van der Waals surface area contributed by atoms with Gasteiger partial charge in [-0.3, -0.25) is 37.3 Å². The van der Waals surface area contributed by atoms with Gasteiger partial charge < -0.3 is 33.8 Å². The first-order valence-corrected chi connectivity index (χ1v) is 47.0. The van der Waals surface area contributed by atoms with E-state index in [1.165, 1.54) is 270 Å². The lowest BCUT2D eigenvalue weighted by molar-refractivity contribution is -0.161. The Morgan fingerprint density at radius 1 is 0.260 bits per heavy atom. The van der Waals surface area contributed by atoms with Crippen molar-refractivity contribution in [3.05, 3.63) is 0 Å². The molecule has 0 saturated carbocycles. The molecular weight excluding hydrogens is 1350 g/mol. The molecule has 2 unspecified atom stereocenters. The second-order valence-electron chi connectivity index (χ2n) is 31.5. The lowest BCUT2D eigenvalue weighted by atomic mass is 10.0. The fraction of sp³-hybridized carbons (Fsp3) is 0.953. The monoisotopic (exact) mass is 1520 g/mol. The Bertz CT molecular complexity index is 1990. The number of rotatable bonds is 84. The zero-order chi connectivity index (χ0) is 76.4. The van der Waals surface area contributed by atoms with Crippen molar-refractivity contribution in [2.75, 3.05) is 39.6 Å². The van der Waals surface area contributed by atoms with Gasteiger partial charge in [0.1, 0.15) is 19.3 Å². The Morgan fingerprint density at radius 3 is 0.654 bits per heavy atom. The Kier molecular flexibility index (Phi) is 75.0. The summed E-state index contributed by atoms with van der Waals surface area (Å²) >= 11 is 0. The average molecular weight is 1520 g/mol. The van der Waals surface area contributed by atoms with Gasteiger partial charge in [-0.1, -0.05) is 401 Å². The fourth-order valence-corrected chi connectivity index (χ4v) is 14.8. The summed E-state index contributed by atoms with van der Waals surface area (Å²) in [6, 6.07) is 0. The first-order chi connectivity index (χ1) is 50.4. The second kappa shape index (κ2) is 76.4. The lowest BCUT2D eigenvalue weighted by Crippen LogP contribution is -2.30. The average Bonchev–Trinajstić information content (AvgIpc) is 0.904. The molecule has 0 aliphatic rings. The normalized spacial score (nSPS) is 13.8. The highest BCUT2D eigenvalue weighted by molar-refractivity contribution is 7.47. The van der Waals surface area contributed by atoms with E-state index in [1.807, 2.05) is 0 Å². The zero-order valence-corrected chi connectivity index (χ0v) is 70.1. The largest absolute Gasteiger partial charge is 0.472 e. The predicted molar refractivity (Wildman–Crippen MR) is 428 cm³/mol. The molecule has 3 N–H and O–H groups in total. The number of phosphoric ester groups is 2. The van der Waals surface area contributed by atoms with Crippen LogP contribution in [0.4, 0.5) is 0 Å². The van der Waals surface area contributed by atoms with Gasteiger partial charge >= 0.3 is 39.5 Å². The van der Waals surface area contributed by atoms with Gasteiger partial charge in [-0.2, -0.15) is 0 Å². The van der Waals surface area contributed by atoms with Gasteiger partial charge in [0.25, 0.3) is 0 Å². The molecule has 0 aromatic rings. The van der Waals surface area contributed by atoms with Crippen molar-refractivity contribution in [1.82, 2.24) is 0 Å². The minimum absolute atomic E-state index is 0.107. The van der Waals surface area contributed by atoms with Crippen LogP contribution in [0, 0.1) is 11.8 Å². The van der Waals surface area contributed by atoms with E-state index in [4.69, 9.17) is 37.0 Å². The van der Waals surface area contributed by atoms with Gasteiger partial charge in [-0.25, -0.2) is 9.13 Å². The Morgan fingerprint density at radius 2 is 0.442 bits per heavy atom. The molecule has 0 radical (unpaired) electrons. The number of aliphatic hydroxyl groups excluding tert-OH is 1. The quantitative estimate of drug-likeness (QED) is 0.0222. The Labute approximate surface area is 638 Å². The third-order valence-corrected chi connectivity index (χ3v) is 21.9. The number of esters is 4. The highest BCUT2D eigenvalue weighted by Crippen LogP contribution is 2.45. The maximum atomic E-state index is 13.1. The van der Waals surface area contributed by atoms with Crippen LogP contribution in [0.1, 0.15) is 452 Å². The number of hydrogen-bond donors (Lipinski definition) is 3. The molecular formula is C85H166O17P2. The van der Waals surface area contributed by atoms with Gasteiger partial charge in [0, 0.05) is 25.7 Å². The van der Waals surface area contributed by atoms with E-state index in [2.05, 4.69) is 41.5 Å². The third-order valence-electron chi connectivity index (χ3n) is 20.0. The van der Waals surface area contributed by atoms with E-state index in [0.717, 1.165) is 102 Å². The van der Waals surface area contributed by atoms with Gasteiger partial charge in [0.15, 0.2) is 12.2 Å². The van der Waals surface area contributed by atoms with E-state index in [9.17, 15) is 43.2 Å². The van der Waals surface area contributed by atoms with Crippen LogP contribution in [0.25, 0.3) is 0 Å². The van der Waals surface area contributed by atoms with Crippen molar-refractivity contribution in [3.63, 3.8) is 0 Å². The Balaban J connectivity index is 5.24. The maximum Gasteiger partial charge on any atom is 0.472 e. The Hall–Kier alpha value is -1.94. The highest BCUT2D eigenvalue weighted by atomic mass is 31.2. The number of ether oxygens (including phenoxy) is 4. The number of hydrogen-bond acceptors (Lipinski definition) is 15. The topological polar surface area (TPSA) is 237 Å². The molecule has 0 spiro atoms. The van der Waals surface area contributed by atoms with E-state index < -0.39 is 97.5 Å². The smallest absolute Gasteiger partial charge is 0.462 e. The molecule has 17 nitrogen and oxygen atoms in total. The van der Waals surface area contributed by atoms with Crippen LogP contribution in [0.2, 0.25) is 0 Å². The summed E-state index contributed by atoms with van der Waals surface area (Å²) in [7, 11) is -9.93. The van der Waals surface area contributed by atoms with Crippen LogP contribution >= 0.6 is 15.6 Å². The van der Waals surface area contributed by atoms with E-state index >= 15 is 0 Å². The SMILES string of the molecule is CCCCCCCCCCCCCCCCCCCCCCCC(=O)O[C@H](COC(=O)CCCCCCCCCCCCCCCCC(C)C)COP(=O)(O)OC[C@@H](O)COP(=O)(O)OC[C@@H](COC(=O)CCCCCCCCCCCCCCC)OC(=O)CCCCCCCCCCCCC(C)C. The molecule has 104 heavy (non-hydrogen) atoms. The molecule has 0 aliphatic carbocycles. The summed E-state index contributed by atoms with van der Waals surface area (Å²) in [5.41, 5.74) is 0. The van der Waals surface area contributed by atoms with Crippen LogP contribution in [0.15, 0.2) is 0 Å². The van der Waals surface area contributed by atoms with Crippen molar-refractivity contribution >= 4 is 39.5 Å². The minimum atomic E-state index is -4.97.